The molecule has 0 saturated heterocycles. The van der Waals surface area contributed by atoms with Crippen molar-refractivity contribution in [3.63, 3.8) is 0 Å². The summed E-state index contributed by atoms with van der Waals surface area (Å²) >= 11 is 0. The Morgan fingerprint density at radius 1 is 1.38 bits per heavy atom. The van der Waals surface area contributed by atoms with Crippen LogP contribution in [0.25, 0.3) is 0 Å². The maximum Gasteiger partial charge on any atom is 0.372 e. The lowest BCUT2D eigenvalue weighted by Gasteiger charge is -1.92. The Morgan fingerprint density at radius 3 is 2.23 bits per heavy atom. The lowest BCUT2D eigenvalue weighted by molar-refractivity contribution is -0.182. The van der Waals surface area contributed by atoms with Crippen molar-refractivity contribution in [3.05, 3.63) is 35.9 Å². The third-order valence-electron chi connectivity index (χ3n) is 1.09. The minimum atomic E-state index is -0.736. The molecule has 0 aliphatic rings. The molecule has 0 unspecified atom stereocenters. The summed E-state index contributed by atoms with van der Waals surface area (Å²) in [5.74, 6) is -0.736. The molecule has 0 atom stereocenters. The fourth-order valence-electron chi connectivity index (χ4n) is 0.627. The van der Waals surface area contributed by atoms with Gasteiger partial charge in [-0.05, 0) is 19.1 Å². The molecule has 13 heavy (non-hydrogen) atoms. The largest absolute Gasteiger partial charge is 0.397 e. The predicted octanol–water partition coefficient (Wildman–Crippen LogP) is 1.31. The minimum absolute atomic E-state index is 0.250. The highest BCUT2D eigenvalue weighted by Gasteiger charge is 2.02. The number of aliphatic hydroxyl groups is 1. The minimum Gasteiger partial charge on any atom is -0.397 e. The van der Waals surface area contributed by atoms with Crippen molar-refractivity contribution >= 4 is 5.97 Å². The average Bonchev–Trinajstić information content (AvgIpc) is 2.19. The van der Waals surface area contributed by atoms with Gasteiger partial charge in [0.1, 0.15) is 0 Å². The van der Waals surface area contributed by atoms with E-state index in [2.05, 4.69) is 4.89 Å². The zero-order chi connectivity index (χ0) is 10.1. The van der Waals surface area contributed by atoms with Crippen LogP contribution in [0.4, 0.5) is 0 Å². The van der Waals surface area contributed by atoms with Crippen molar-refractivity contribution in [2.45, 2.75) is 6.92 Å². The molecule has 72 valence electrons. The van der Waals surface area contributed by atoms with Crippen molar-refractivity contribution in [2.24, 2.45) is 0 Å². The van der Waals surface area contributed by atoms with E-state index in [1.54, 1.807) is 37.3 Å². The highest BCUT2D eigenvalue weighted by molar-refractivity contribution is 5.88. The highest BCUT2D eigenvalue weighted by Crippen LogP contribution is 1.98. The third kappa shape index (κ3) is 4.95. The summed E-state index contributed by atoms with van der Waals surface area (Å²) in [5.41, 5.74) is 0.338. The molecule has 1 aromatic carbocycles. The SMILES string of the molecule is CCO.O=C(OO)c1ccccc1. The molecular weight excluding hydrogens is 172 g/mol. The molecule has 0 heterocycles. The van der Waals surface area contributed by atoms with Crippen molar-refractivity contribution in [2.75, 3.05) is 6.61 Å². The summed E-state index contributed by atoms with van der Waals surface area (Å²) in [5, 5.41) is 15.5. The smallest absolute Gasteiger partial charge is 0.372 e. The van der Waals surface area contributed by atoms with Gasteiger partial charge in [-0.3, -0.25) is 4.89 Å². The molecule has 1 rings (SSSR count). The van der Waals surface area contributed by atoms with Gasteiger partial charge in [-0.2, -0.15) is 5.26 Å². The lowest BCUT2D eigenvalue weighted by atomic mass is 10.2. The topological polar surface area (TPSA) is 66.8 Å². The second-order valence-corrected chi connectivity index (χ2v) is 2.06. The van der Waals surface area contributed by atoms with E-state index in [1.165, 1.54) is 0 Å². The lowest BCUT2D eigenvalue weighted by Crippen LogP contribution is -2.00. The molecular formula is C9H12O4. The number of hydrogen-bond acceptors (Lipinski definition) is 4. The van der Waals surface area contributed by atoms with Crippen LogP contribution in [0.15, 0.2) is 30.3 Å². The number of rotatable bonds is 1. The Balaban J connectivity index is 0.000000424. The molecule has 0 radical (unpaired) electrons. The first-order valence-corrected chi connectivity index (χ1v) is 3.77. The molecule has 0 aromatic heterocycles. The molecule has 1 aromatic rings. The first kappa shape index (κ1) is 11.6. The van der Waals surface area contributed by atoms with Gasteiger partial charge in [-0.25, -0.2) is 4.79 Å². The van der Waals surface area contributed by atoms with E-state index < -0.39 is 5.97 Å². The zero-order valence-electron chi connectivity index (χ0n) is 7.30. The number of carbonyl (C=O) groups is 1. The van der Waals surface area contributed by atoms with Crippen LogP contribution in [0.3, 0.4) is 0 Å². The van der Waals surface area contributed by atoms with Crippen molar-refractivity contribution in [1.29, 1.82) is 0 Å². The Hall–Kier alpha value is -1.39. The van der Waals surface area contributed by atoms with Gasteiger partial charge in [0.2, 0.25) is 0 Å². The van der Waals surface area contributed by atoms with E-state index in [0.717, 1.165) is 0 Å². The Labute approximate surface area is 76.3 Å². The van der Waals surface area contributed by atoms with Gasteiger partial charge in [0.05, 0.1) is 5.56 Å². The number of carbonyl (C=O) groups excluding carboxylic acids is 1. The van der Waals surface area contributed by atoms with Gasteiger partial charge < -0.3 is 5.11 Å². The van der Waals surface area contributed by atoms with Gasteiger partial charge in [0.25, 0.3) is 0 Å². The highest BCUT2D eigenvalue weighted by atomic mass is 17.1. The summed E-state index contributed by atoms with van der Waals surface area (Å²) in [6.45, 7) is 1.93. The maximum atomic E-state index is 10.5. The molecule has 2 N–H and O–H groups in total. The van der Waals surface area contributed by atoms with Crippen LogP contribution in [-0.2, 0) is 4.89 Å². The predicted molar refractivity (Wildman–Crippen MR) is 47.2 cm³/mol. The molecule has 0 bridgehead atoms. The quantitative estimate of drug-likeness (QED) is 0.510. The fraction of sp³-hybridized carbons (Fsp3) is 0.222. The van der Waals surface area contributed by atoms with Gasteiger partial charge in [-0.15, -0.1) is 0 Å². The number of benzene rings is 1. The number of aliphatic hydroxyl groups excluding tert-OH is 1. The van der Waals surface area contributed by atoms with E-state index >= 15 is 0 Å². The van der Waals surface area contributed by atoms with Crippen LogP contribution < -0.4 is 0 Å². The van der Waals surface area contributed by atoms with E-state index in [0.29, 0.717) is 5.56 Å². The van der Waals surface area contributed by atoms with Crippen molar-refractivity contribution < 1.29 is 20.0 Å². The molecule has 0 aliphatic heterocycles. The normalized spacial score (nSPS) is 8.23. The van der Waals surface area contributed by atoms with Crippen molar-refractivity contribution in [3.8, 4) is 0 Å². The second kappa shape index (κ2) is 7.27. The fourth-order valence-corrected chi connectivity index (χ4v) is 0.627. The zero-order valence-corrected chi connectivity index (χ0v) is 7.30. The van der Waals surface area contributed by atoms with E-state index in [4.69, 9.17) is 10.4 Å². The van der Waals surface area contributed by atoms with Gasteiger partial charge >= 0.3 is 5.97 Å². The summed E-state index contributed by atoms with van der Waals surface area (Å²) in [6.07, 6.45) is 0. The van der Waals surface area contributed by atoms with Crippen LogP contribution in [0, 0.1) is 0 Å². The van der Waals surface area contributed by atoms with E-state index in [1.807, 2.05) is 0 Å². The Bertz CT molecular complexity index is 233. The number of hydrogen-bond donors (Lipinski definition) is 2. The van der Waals surface area contributed by atoms with Crippen molar-refractivity contribution in [1.82, 2.24) is 0 Å². The molecule has 0 aliphatic carbocycles. The Morgan fingerprint density at radius 2 is 1.85 bits per heavy atom. The van der Waals surface area contributed by atoms with Crippen LogP contribution in [0.2, 0.25) is 0 Å². The van der Waals surface area contributed by atoms with E-state index in [9.17, 15) is 4.79 Å². The molecule has 4 heteroatoms. The third-order valence-corrected chi connectivity index (χ3v) is 1.09. The first-order valence-electron chi connectivity index (χ1n) is 3.77. The summed E-state index contributed by atoms with van der Waals surface area (Å²) in [6, 6.07) is 8.25. The van der Waals surface area contributed by atoms with Gasteiger partial charge in [0, 0.05) is 6.61 Å². The molecule has 0 saturated carbocycles. The molecule has 0 spiro atoms. The van der Waals surface area contributed by atoms with Crippen LogP contribution >= 0.6 is 0 Å². The molecule has 0 fully saturated rings. The summed E-state index contributed by atoms with van der Waals surface area (Å²) < 4.78 is 0. The standard InChI is InChI=1S/C7H6O3.C2H6O/c8-7(10-9)6-4-2-1-3-5-6;1-2-3/h1-5,9H;3H,2H2,1H3. The van der Waals surface area contributed by atoms with Crippen LogP contribution in [0.5, 0.6) is 0 Å². The molecule has 0 amide bonds. The van der Waals surface area contributed by atoms with Gasteiger partial charge in [0.15, 0.2) is 0 Å². The summed E-state index contributed by atoms with van der Waals surface area (Å²) in [4.78, 5) is 14.0. The maximum absolute atomic E-state index is 10.5. The van der Waals surface area contributed by atoms with Crippen LogP contribution in [0.1, 0.15) is 17.3 Å². The van der Waals surface area contributed by atoms with Gasteiger partial charge in [-0.1, -0.05) is 18.2 Å². The second-order valence-electron chi connectivity index (χ2n) is 2.06. The average molecular weight is 184 g/mol. The van der Waals surface area contributed by atoms with Crippen LogP contribution in [-0.4, -0.2) is 22.9 Å². The van der Waals surface area contributed by atoms with E-state index in [-0.39, 0.29) is 6.61 Å². The molecule has 4 nitrogen and oxygen atoms in total. The summed E-state index contributed by atoms with van der Waals surface area (Å²) in [7, 11) is 0. The Kier molecular flexibility index (Phi) is 6.49. The monoisotopic (exact) mass is 184 g/mol. The first-order chi connectivity index (χ1) is 6.26.